The Labute approximate surface area is 75.6 Å². The Morgan fingerprint density at radius 1 is 1.50 bits per heavy atom. The van der Waals surface area contributed by atoms with Gasteiger partial charge in [0, 0.05) is 0 Å². The second-order valence-electron chi connectivity index (χ2n) is 3.06. The van der Waals surface area contributed by atoms with Crippen LogP contribution < -0.4 is 0 Å². The van der Waals surface area contributed by atoms with Gasteiger partial charge in [-0.05, 0) is 18.8 Å². The summed E-state index contributed by atoms with van der Waals surface area (Å²) < 4.78 is 0. The van der Waals surface area contributed by atoms with Crippen LogP contribution in [0.2, 0.25) is 0 Å². The first-order chi connectivity index (χ1) is 4.29. The first-order valence-electron chi connectivity index (χ1n) is 3.63. The van der Waals surface area contributed by atoms with Crippen molar-refractivity contribution >= 4 is 18.9 Å². The van der Waals surface area contributed by atoms with Crippen LogP contribution in [-0.2, 0) is 0 Å². The summed E-state index contributed by atoms with van der Waals surface area (Å²) in [6.07, 6.45) is 9.07. The predicted molar refractivity (Wildman–Crippen MR) is 48.4 cm³/mol. The Morgan fingerprint density at radius 2 is 2.20 bits per heavy atom. The van der Waals surface area contributed by atoms with E-state index in [0.717, 1.165) is 5.92 Å². The molecule has 1 rings (SSSR count). The second kappa shape index (κ2) is 4.83. The molecule has 0 spiro atoms. The van der Waals surface area contributed by atoms with Gasteiger partial charge in [-0.25, -0.2) is 0 Å². The number of hydrogen-bond donors (Lipinski definition) is 0. The number of hydrogen-bond acceptors (Lipinski definition) is 0. The van der Waals surface area contributed by atoms with E-state index in [1.807, 2.05) is 0 Å². The zero-order chi connectivity index (χ0) is 6.69. The van der Waals surface area contributed by atoms with Gasteiger partial charge in [-0.15, -0.1) is 0 Å². The molecule has 0 nitrogen and oxygen atoms in total. The van der Waals surface area contributed by atoms with Gasteiger partial charge in [0.2, 0.25) is 0 Å². The molecule has 1 aliphatic carbocycles. The zero-order valence-corrected chi connectivity index (χ0v) is 6.22. The first-order valence-corrected chi connectivity index (χ1v) is 3.63. The maximum atomic E-state index is 2.26. The standard InChI is InChI=1S/C9H14.Li.H/c1-8(2)7-9-5-3-4-6-9;;/h3-5,8H,6-7H2,1-2H3;;. The second-order valence-corrected chi connectivity index (χ2v) is 3.06. The summed E-state index contributed by atoms with van der Waals surface area (Å²) in [4.78, 5) is 0. The van der Waals surface area contributed by atoms with Gasteiger partial charge in [-0.1, -0.05) is 37.6 Å². The van der Waals surface area contributed by atoms with Crippen molar-refractivity contribution in [3.8, 4) is 0 Å². The quantitative estimate of drug-likeness (QED) is 0.503. The SMILES string of the molecule is CC(C)CC1=CC=CC1.[LiH]. The third-order valence-corrected chi connectivity index (χ3v) is 1.52. The molecule has 0 atom stereocenters. The topological polar surface area (TPSA) is 0 Å². The van der Waals surface area contributed by atoms with Crippen molar-refractivity contribution in [1.29, 1.82) is 0 Å². The first kappa shape index (κ1) is 10.1. The van der Waals surface area contributed by atoms with Crippen LogP contribution in [0.1, 0.15) is 26.7 Å². The maximum absolute atomic E-state index is 2.26. The van der Waals surface area contributed by atoms with Gasteiger partial charge in [0.05, 0.1) is 0 Å². The van der Waals surface area contributed by atoms with Gasteiger partial charge in [0.1, 0.15) is 0 Å². The van der Waals surface area contributed by atoms with Crippen molar-refractivity contribution in [1.82, 2.24) is 0 Å². The summed E-state index contributed by atoms with van der Waals surface area (Å²) >= 11 is 0. The van der Waals surface area contributed by atoms with E-state index in [1.165, 1.54) is 12.8 Å². The van der Waals surface area contributed by atoms with Crippen molar-refractivity contribution in [2.24, 2.45) is 5.92 Å². The van der Waals surface area contributed by atoms with Crippen molar-refractivity contribution in [3.05, 3.63) is 23.8 Å². The molecule has 0 saturated heterocycles. The molecule has 0 amide bonds. The molecular weight excluding hydrogens is 115 g/mol. The Balaban J connectivity index is 0.000000810. The summed E-state index contributed by atoms with van der Waals surface area (Å²) in [5.74, 6) is 0.816. The average molecular weight is 130 g/mol. The van der Waals surface area contributed by atoms with E-state index in [2.05, 4.69) is 32.1 Å². The summed E-state index contributed by atoms with van der Waals surface area (Å²) in [5.41, 5.74) is 1.59. The van der Waals surface area contributed by atoms with Crippen LogP contribution in [0.25, 0.3) is 0 Å². The molecule has 0 aliphatic heterocycles. The molecule has 0 aromatic heterocycles. The fourth-order valence-electron chi connectivity index (χ4n) is 1.17. The predicted octanol–water partition coefficient (Wildman–Crippen LogP) is 2.27. The summed E-state index contributed by atoms with van der Waals surface area (Å²) in [7, 11) is 0. The minimum atomic E-state index is 0. The molecule has 0 heterocycles. The third kappa shape index (κ3) is 3.30. The van der Waals surface area contributed by atoms with Crippen LogP contribution in [0.3, 0.4) is 0 Å². The molecule has 0 saturated carbocycles. The van der Waals surface area contributed by atoms with Crippen molar-refractivity contribution in [3.63, 3.8) is 0 Å². The van der Waals surface area contributed by atoms with E-state index < -0.39 is 0 Å². The van der Waals surface area contributed by atoms with Crippen LogP contribution in [0.15, 0.2) is 23.8 Å². The van der Waals surface area contributed by atoms with Crippen molar-refractivity contribution in [2.45, 2.75) is 26.7 Å². The van der Waals surface area contributed by atoms with Crippen LogP contribution in [0, 0.1) is 5.92 Å². The molecule has 0 unspecified atom stereocenters. The molecule has 52 valence electrons. The number of allylic oxidation sites excluding steroid dienone is 4. The molecule has 0 aromatic carbocycles. The zero-order valence-electron chi connectivity index (χ0n) is 6.22. The minimum absolute atomic E-state index is 0. The molecule has 0 aromatic rings. The molecule has 0 bridgehead atoms. The Bertz CT molecular complexity index is 143. The number of rotatable bonds is 2. The molecular formula is C9H15Li. The normalized spacial score (nSPS) is 15.3. The van der Waals surface area contributed by atoms with Crippen LogP contribution >= 0.6 is 0 Å². The van der Waals surface area contributed by atoms with Crippen LogP contribution in [0.4, 0.5) is 0 Å². The molecule has 1 aliphatic rings. The Kier molecular flexibility index (Phi) is 4.86. The summed E-state index contributed by atoms with van der Waals surface area (Å²) in [5, 5.41) is 0. The van der Waals surface area contributed by atoms with Gasteiger partial charge in [-0.3, -0.25) is 0 Å². The summed E-state index contributed by atoms with van der Waals surface area (Å²) in [6, 6.07) is 0. The fraction of sp³-hybridized carbons (Fsp3) is 0.556. The van der Waals surface area contributed by atoms with E-state index in [-0.39, 0.29) is 18.9 Å². The monoisotopic (exact) mass is 130 g/mol. The fourth-order valence-corrected chi connectivity index (χ4v) is 1.17. The summed E-state index contributed by atoms with van der Waals surface area (Å²) in [6.45, 7) is 4.53. The van der Waals surface area contributed by atoms with Crippen molar-refractivity contribution in [2.75, 3.05) is 0 Å². The van der Waals surface area contributed by atoms with Gasteiger partial charge in [-0.2, -0.15) is 0 Å². The Morgan fingerprint density at radius 3 is 2.60 bits per heavy atom. The molecule has 0 N–H and O–H groups in total. The molecule has 0 fully saturated rings. The van der Waals surface area contributed by atoms with Gasteiger partial charge in [0.15, 0.2) is 0 Å². The van der Waals surface area contributed by atoms with Gasteiger partial charge < -0.3 is 0 Å². The van der Waals surface area contributed by atoms with E-state index in [1.54, 1.807) is 5.57 Å². The molecule has 10 heavy (non-hydrogen) atoms. The van der Waals surface area contributed by atoms with E-state index in [4.69, 9.17) is 0 Å². The van der Waals surface area contributed by atoms with Crippen molar-refractivity contribution < 1.29 is 0 Å². The van der Waals surface area contributed by atoms with E-state index in [9.17, 15) is 0 Å². The van der Waals surface area contributed by atoms with E-state index in [0.29, 0.717) is 0 Å². The average Bonchev–Trinajstić information content (AvgIpc) is 2.15. The van der Waals surface area contributed by atoms with E-state index >= 15 is 0 Å². The third-order valence-electron chi connectivity index (χ3n) is 1.52. The van der Waals surface area contributed by atoms with Crippen LogP contribution in [-0.4, -0.2) is 18.9 Å². The van der Waals surface area contributed by atoms with Crippen LogP contribution in [0.5, 0.6) is 0 Å². The molecule has 1 heteroatoms. The molecule has 0 radical (unpaired) electrons. The Hall–Kier alpha value is 0.0774. The van der Waals surface area contributed by atoms with Gasteiger partial charge in [0.25, 0.3) is 0 Å². The van der Waals surface area contributed by atoms with Gasteiger partial charge >= 0.3 is 18.9 Å².